The normalized spacial score (nSPS) is 14.1. The molecule has 3 rings (SSSR count). The third-order valence-electron chi connectivity index (χ3n) is 4.73. The maximum atomic E-state index is 12.7. The summed E-state index contributed by atoms with van der Waals surface area (Å²) < 4.78 is 48.6. The summed E-state index contributed by atoms with van der Waals surface area (Å²) in [6.07, 6.45) is 0.593. The molecule has 0 saturated heterocycles. The molecule has 0 aliphatic heterocycles. The van der Waals surface area contributed by atoms with E-state index in [-0.39, 0.29) is 18.5 Å². The van der Waals surface area contributed by atoms with Gasteiger partial charge in [0.2, 0.25) is 5.91 Å². The highest BCUT2D eigenvalue weighted by Gasteiger charge is 2.32. The zero-order valence-electron chi connectivity index (χ0n) is 16.2. The minimum absolute atomic E-state index is 0.125. The van der Waals surface area contributed by atoms with Gasteiger partial charge in [0, 0.05) is 18.7 Å². The first-order valence-corrected chi connectivity index (χ1v) is 9.18. The zero-order valence-corrected chi connectivity index (χ0v) is 16.2. The van der Waals surface area contributed by atoms with Crippen LogP contribution in [0.1, 0.15) is 29.5 Å². The van der Waals surface area contributed by atoms with Gasteiger partial charge in [0.15, 0.2) is 11.5 Å². The first kappa shape index (κ1) is 20.8. The Morgan fingerprint density at radius 1 is 1.07 bits per heavy atom. The number of carbonyl (C=O) groups is 1. The van der Waals surface area contributed by atoms with Crippen molar-refractivity contribution in [1.29, 1.82) is 0 Å². The molecule has 154 valence electrons. The Balaban J connectivity index is 1.71. The molecule has 0 N–H and O–H groups in total. The summed E-state index contributed by atoms with van der Waals surface area (Å²) in [7, 11) is 3.08. The van der Waals surface area contributed by atoms with E-state index in [4.69, 9.17) is 9.47 Å². The van der Waals surface area contributed by atoms with Crippen molar-refractivity contribution >= 4 is 12.0 Å². The second kappa shape index (κ2) is 8.59. The number of nitrogens with zero attached hydrogens (tertiary/aromatic N) is 1. The van der Waals surface area contributed by atoms with Crippen molar-refractivity contribution in [2.24, 2.45) is 0 Å². The van der Waals surface area contributed by atoms with Gasteiger partial charge in [-0.05, 0) is 54.3 Å². The Morgan fingerprint density at radius 2 is 1.72 bits per heavy atom. The molecule has 0 aromatic heterocycles. The third-order valence-corrected chi connectivity index (χ3v) is 4.73. The van der Waals surface area contributed by atoms with Crippen LogP contribution >= 0.6 is 0 Å². The largest absolute Gasteiger partial charge is 0.493 e. The van der Waals surface area contributed by atoms with Crippen molar-refractivity contribution in [1.82, 2.24) is 4.90 Å². The summed E-state index contributed by atoms with van der Waals surface area (Å²) in [5, 5.41) is 0. The molecule has 2 aromatic carbocycles. The van der Waals surface area contributed by atoms with E-state index in [1.165, 1.54) is 25.3 Å². The number of rotatable bonds is 7. The van der Waals surface area contributed by atoms with Gasteiger partial charge in [-0.25, -0.2) is 0 Å². The van der Waals surface area contributed by atoms with Crippen LogP contribution in [0.5, 0.6) is 11.5 Å². The number of methoxy groups -OCH3 is 2. The highest BCUT2D eigenvalue weighted by atomic mass is 19.4. The van der Waals surface area contributed by atoms with Crippen LogP contribution in [0, 0.1) is 0 Å². The highest BCUT2D eigenvalue weighted by molar-refractivity contribution is 5.92. The van der Waals surface area contributed by atoms with E-state index in [9.17, 15) is 18.0 Å². The average molecular weight is 405 g/mol. The molecule has 0 heterocycles. The Hall–Kier alpha value is -2.96. The van der Waals surface area contributed by atoms with E-state index in [0.29, 0.717) is 17.1 Å². The maximum absolute atomic E-state index is 12.7. The van der Waals surface area contributed by atoms with E-state index in [0.717, 1.165) is 30.5 Å². The second-order valence-corrected chi connectivity index (χ2v) is 6.84. The molecular formula is C22H22F3NO3. The van der Waals surface area contributed by atoms with Crippen molar-refractivity contribution in [3.05, 3.63) is 65.2 Å². The van der Waals surface area contributed by atoms with E-state index in [1.807, 2.05) is 6.07 Å². The van der Waals surface area contributed by atoms with Gasteiger partial charge in [0.25, 0.3) is 0 Å². The van der Waals surface area contributed by atoms with Crippen LogP contribution in [0.4, 0.5) is 13.2 Å². The molecule has 0 radical (unpaired) electrons. The van der Waals surface area contributed by atoms with Crippen LogP contribution < -0.4 is 9.47 Å². The van der Waals surface area contributed by atoms with Crippen LogP contribution in [-0.4, -0.2) is 31.1 Å². The Morgan fingerprint density at radius 3 is 2.28 bits per heavy atom. The summed E-state index contributed by atoms with van der Waals surface area (Å²) in [5.41, 5.74) is 0.748. The van der Waals surface area contributed by atoms with Crippen molar-refractivity contribution < 1.29 is 27.4 Å². The van der Waals surface area contributed by atoms with E-state index in [1.54, 1.807) is 30.2 Å². The minimum atomic E-state index is -4.37. The lowest BCUT2D eigenvalue weighted by Crippen LogP contribution is -2.31. The number of carbonyl (C=O) groups excluding carboxylic acids is 1. The number of ether oxygens (including phenoxy) is 2. The topological polar surface area (TPSA) is 38.8 Å². The average Bonchev–Trinajstić information content (AvgIpc) is 3.54. The second-order valence-electron chi connectivity index (χ2n) is 6.84. The molecule has 0 unspecified atom stereocenters. The molecule has 1 amide bonds. The summed E-state index contributed by atoms with van der Waals surface area (Å²) in [4.78, 5) is 14.4. The fourth-order valence-electron chi connectivity index (χ4n) is 2.99. The molecule has 1 fully saturated rings. The van der Waals surface area contributed by atoms with Crippen molar-refractivity contribution in [2.45, 2.75) is 31.6 Å². The predicted octanol–water partition coefficient (Wildman–Crippen LogP) is 4.93. The fourth-order valence-corrected chi connectivity index (χ4v) is 2.99. The number of amides is 1. The fraction of sp³-hybridized carbons (Fsp3) is 0.318. The molecule has 2 aromatic rings. The van der Waals surface area contributed by atoms with E-state index >= 15 is 0 Å². The molecule has 1 saturated carbocycles. The van der Waals surface area contributed by atoms with Crippen LogP contribution in [0.2, 0.25) is 0 Å². The lowest BCUT2D eigenvalue weighted by Gasteiger charge is -2.21. The van der Waals surface area contributed by atoms with Gasteiger partial charge >= 0.3 is 6.18 Å². The number of alkyl halides is 3. The van der Waals surface area contributed by atoms with Crippen LogP contribution in [-0.2, 0) is 17.5 Å². The third kappa shape index (κ3) is 5.31. The zero-order chi connectivity index (χ0) is 21.0. The smallest absolute Gasteiger partial charge is 0.416 e. The Labute approximate surface area is 167 Å². The first-order valence-electron chi connectivity index (χ1n) is 9.18. The molecular weight excluding hydrogens is 383 g/mol. The summed E-state index contributed by atoms with van der Waals surface area (Å²) >= 11 is 0. The molecule has 29 heavy (non-hydrogen) atoms. The predicted molar refractivity (Wildman–Crippen MR) is 104 cm³/mol. The number of hydrogen-bond donors (Lipinski definition) is 0. The Kier molecular flexibility index (Phi) is 6.15. The van der Waals surface area contributed by atoms with E-state index in [2.05, 4.69) is 0 Å². The van der Waals surface area contributed by atoms with E-state index < -0.39 is 11.7 Å². The lowest BCUT2D eigenvalue weighted by molar-refractivity contribution is -0.137. The molecule has 0 atom stereocenters. The molecule has 7 heteroatoms. The summed E-state index contributed by atoms with van der Waals surface area (Å²) in [5.74, 6) is 0.978. The quantitative estimate of drug-likeness (QED) is 0.614. The van der Waals surface area contributed by atoms with Crippen molar-refractivity contribution in [2.75, 3.05) is 14.2 Å². The van der Waals surface area contributed by atoms with Crippen molar-refractivity contribution in [3.63, 3.8) is 0 Å². The SMILES string of the molecule is COc1ccc(/C=C/C(=O)N(Cc2ccc(C(F)(F)F)cc2)C2CC2)cc1OC. The summed E-state index contributed by atoms with van der Waals surface area (Å²) in [6.45, 7) is 0.276. The lowest BCUT2D eigenvalue weighted by atomic mass is 10.1. The van der Waals surface area contributed by atoms with Gasteiger partial charge in [0.05, 0.1) is 19.8 Å². The molecule has 4 nitrogen and oxygen atoms in total. The van der Waals surface area contributed by atoms with Gasteiger partial charge < -0.3 is 14.4 Å². The number of hydrogen-bond acceptors (Lipinski definition) is 3. The molecule has 1 aliphatic carbocycles. The van der Waals surface area contributed by atoms with Crippen LogP contribution in [0.25, 0.3) is 6.08 Å². The summed E-state index contributed by atoms with van der Waals surface area (Å²) in [6, 6.07) is 10.4. The van der Waals surface area contributed by atoms with Crippen molar-refractivity contribution in [3.8, 4) is 11.5 Å². The molecule has 0 bridgehead atoms. The van der Waals surface area contributed by atoms with Gasteiger partial charge in [-0.15, -0.1) is 0 Å². The van der Waals surface area contributed by atoms with Crippen LogP contribution in [0.3, 0.4) is 0 Å². The Bertz CT molecular complexity index is 887. The number of halogens is 3. The minimum Gasteiger partial charge on any atom is -0.493 e. The van der Waals surface area contributed by atoms with Gasteiger partial charge in [0.1, 0.15) is 0 Å². The molecule has 0 spiro atoms. The molecule has 1 aliphatic rings. The first-order chi connectivity index (χ1) is 13.8. The maximum Gasteiger partial charge on any atom is 0.416 e. The monoisotopic (exact) mass is 405 g/mol. The van der Waals surface area contributed by atoms with Gasteiger partial charge in [-0.2, -0.15) is 13.2 Å². The number of benzene rings is 2. The standard InChI is InChI=1S/C22H22F3NO3/c1-28-19-11-5-15(13-20(19)29-2)6-12-21(27)26(18-9-10-18)14-16-3-7-17(8-4-16)22(23,24)25/h3-8,11-13,18H,9-10,14H2,1-2H3/b12-6+. The van der Waals surface area contributed by atoms with Crippen LogP contribution in [0.15, 0.2) is 48.5 Å². The van der Waals surface area contributed by atoms with Gasteiger partial charge in [-0.3, -0.25) is 4.79 Å². The van der Waals surface area contributed by atoms with Gasteiger partial charge in [-0.1, -0.05) is 18.2 Å². The highest BCUT2D eigenvalue weighted by Crippen LogP contribution is 2.32.